The number of halogens is 1. The lowest BCUT2D eigenvalue weighted by Gasteiger charge is -2.15. The molecule has 2 aromatic carbocycles. The van der Waals surface area contributed by atoms with Gasteiger partial charge in [-0.1, -0.05) is 24.3 Å². The molecule has 0 aliphatic carbocycles. The monoisotopic (exact) mass is 390 g/mol. The van der Waals surface area contributed by atoms with Crippen LogP contribution in [0.15, 0.2) is 65.3 Å². The topological polar surface area (TPSA) is 47.1 Å². The molecule has 0 radical (unpaired) electrons. The third-order valence-corrected chi connectivity index (χ3v) is 4.93. The van der Waals surface area contributed by atoms with Crippen LogP contribution in [0.5, 0.6) is 0 Å². The van der Waals surface area contributed by atoms with Crippen molar-refractivity contribution in [1.29, 1.82) is 0 Å². The van der Waals surface area contributed by atoms with Crippen molar-refractivity contribution in [2.45, 2.75) is 26.9 Å². The minimum Gasteiger partial charge on any atom is -0.444 e. The first-order valence-corrected chi connectivity index (χ1v) is 9.50. The van der Waals surface area contributed by atoms with Crippen molar-refractivity contribution in [3.8, 4) is 17.1 Å². The summed E-state index contributed by atoms with van der Waals surface area (Å²) in [5.41, 5.74) is 5.83. The van der Waals surface area contributed by atoms with E-state index in [-0.39, 0.29) is 5.82 Å². The maximum atomic E-state index is 13.4. The molecule has 0 saturated carbocycles. The second kappa shape index (κ2) is 8.01. The molecule has 0 aliphatic rings. The van der Waals surface area contributed by atoms with E-state index in [1.807, 2.05) is 36.9 Å². The highest BCUT2D eigenvalue weighted by Gasteiger charge is 2.16. The van der Waals surface area contributed by atoms with E-state index in [9.17, 15) is 4.39 Å². The van der Waals surface area contributed by atoms with Gasteiger partial charge in [-0.25, -0.2) is 14.1 Å². The molecule has 0 N–H and O–H groups in total. The summed E-state index contributed by atoms with van der Waals surface area (Å²) in [5.74, 6) is 0.123. The highest BCUT2D eigenvalue weighted by Crippen LogP contribution is 2.22. The van der Waals surface area contributed by atoms with E-state index >= 15 is 0 Å². The molecular formula is C23H23FN4O. The lowest BCUT2D eigenvalue weighted by atomic mass is 10.2. The molecule has 0 fully saturated rings. The molecule has 2 heterocycles. The van der Waals surface area contributed by atoms with E-state index in [4.69, 9.17) is 9.52 Å². The van der Waals surface area contributed by atoms with Gasteiger partial charge >= 0.3 is 0 Å². The Balaban J connectivity index is 1.48. The zero-order chi connectivity index (χ0) is 20.4. The van der Waals surface area contributed by atoms with Gasteiger partial charge in [-0.3, -0.25) is 4.90 Å². The van der Waals surface area contributed by atoms with Crippen molar-refractivity contribution >= 4 is 0 Å². The van der Waals surface area contributed by atoms with Crippen LogP contribution in [0.1, 0.15) is 22.6 Å². The first-order valence-electron chi connectivity index (χ1n) is 9.50. The third-order valence-electron chi connectivity index (χ3n) is 4.93. The van der Waals surface area contributed by atoms with Crippen molar-refractivity contribution in [1.82, 2.24) is 19.7 Å². The summed E-state index contributed by atoms with van der Waals surface area (Å²) in [6.45, 7) is 5.49. The quantitative estimate of drug-likeness (QED) is 0.469. The van der Waals surface area contributed by atoms with E-state index < -0.39 is 0 Å². The van der Waals surface area contributed by atoms with E-state index in [2.05, 4.69) is 28.9 Å². The molecular weight excluding hydrogens is 367 g/mol. The van der Waals surface area contributed by atoms with E-state index in [1.54, 1.807) is 18.4 Å². The molecule has 29 heavy (non-hydrogen) atoms. The zero-order valence-electron chi connectivity index (χ0n) is 16.8. The smallest absolute Gasteiger partial charge is 0.226 e. The molecule has 0 amide bonds. The Morgan fingerprint density at radius 1 is 1.03 bits per heavy atom. The van der Waals surface area contributed by atoms with Gasteiger partial charge in [0.05, 0.1) is 17.1 Å². The van der Waals surface area contributed by atoms with Gasteiger partial charge in [0.2, 0.25) is 5.89 Å². The number of nitrogens with zero attached hydrogens (tertiary/aromatic N) is 4. The molecule has 2 aromatic heterocycles. The molecule has 0 unspecified atom stereocenters. The van der Waals surface area contributed by atoms with Crippen molar-refractivity contribution in [2.75, 3.05) is 7.05 Å². The first kappa shape index (κ1) is 19.1. The maximum absolute atomic E-state index is 13.4. The van der Waals surface area contributed by atoms with Crippen molar-refractivity contribution in [3.05, 3.63) is 89.3 Å². The number of hydrogen-bond donors (Lipinski definition) is 0. The Morgan fingerprint density at radius 2 is 1.83 bits per heavy atom. The maximum Gasteiger partial charge on any atom is 0.226 e. The molecule has 0 saturated heterocycles. The van der Waals surface area contributed by atoms with Gasteiger partial charge in [-0.2, -0.15) is 5.10 Å². The highest BCUT2D eigenvalue weighted by molar-refractivity contribution is 5.52. The Hall–Kier alpha value is -3.25. The lowest BCUT2D eigenvalue weighted by Crippen LogP contribution is -2.18. The Morgan fingerprint density at radius 3 is 2.59 bits per heavy atom. The molecule has 5 nitrogen and oxygen atoms in total. The van der Waals surface area contributed by atoms with Crippen LogP contribution in [0.2, 0.25) is 0 Å². The number of aromatic nitrogens is 3. The predicted octanol–water partition coefficient (Wildman–Crippen LogP) is 4.92. The highest BCUT2D eigenvalue weighted by atomic mass is 19.1. The summed E-state index contributed by atoms with van der Waals surface area (Å²) >= 11 is 0. The van der Waals surface area contributed by atoms with Crippen molar-refractivity contribution < 1.29 is 8.81 Å². The van der Waals surface area contributed by atoms with E-state index in [0.29, 0.717) is 18.0 Å². The molecule has 0 spiro atoms. The molecule has 4 rings (SSSR count). The minimum atomic E-state index is -0.305. The molecule has 0 bridgehead atoms. The standard InChI is InChI=1S/C23H23FN4O/c1-16-22(17(2)28(26-16)21-10-5-4-6-11-21)14-27(3)13-20-15-29-23(25-20)18-8-7-9-19(24)12-18/h4-12,15H,13-14H2,1-3H3. The summed E-state index contributed by atoms with van der Waals surface area (Å²) in [7, 11) is 2.04. The van der Waals surface area contributed by atoms with Gasteiger partial charge < -0.3 is 4.42 Å². The van der Waals surface area contributed by atoms with Crippen LogP contribution >= 0.6 is 0 Å². The zero-order valence-corrected chi connectivity index (χ0v) is 16.8. The number of oxazole rings is 1. The van der Waals surface area contributed by atoms with Crippen LogP contribution in [0.25, 0.3) is 17.1 Å². The lowest BCUT2D eigenvalue weighted by molar-refractivity contribution is 0.313. The summed E-state index contributed by atoms with van der Waals surface area (Å²) < 4.78 is 21.0. The number of benzene rings is 2. The Bertz CT molecular complexity index is 1120. The fourth-order valence-corrected chi connectivity index (χ4v) is 3.46. The molecule has 6 heteroatoms. The fraction of sp³-hybridized carbons (Fsp3) is 0.217. The molecule has 148 valence electrons. The van der Waals surface area contributed by atoms with Crippen molar-refractivity contribution in [3.63, 3.8) is 0 Å². The number of hydrogen-bond acceptors (Lipinski definition) is 4. The van der Waals surface area contributed by atoms with Gasteiger partial charge in [0.15, 0.2) is 0 Å². The van der Waals surface area contributed by atoms with Crippen LogP contribution in [0.3, 0.4) is 0 Å². The third kappa shape index (κ3) is 4.12. The van der Waals surface area contributed by atoms with Gasteiger partial charge in [0.25, 0.3) is 0 Å². The summed E-state index contributed by atoms with van der Waals surface area (Å²) in [4.78, 5) is 6.67. The van der Waals surface area contributed by atoms with Gasteiger partial charge in [-0.15, -0.1) is 0 Å². The van der Waals surface area contributed by atoms with E-state index in [0.717, 1.165) is 29.3 Å². The first-order chi connectivity index (χ1) is 14.0. The van der Waals surface area contributed by atoms with Crippen LogP contribution in [0.4, 0.5) is 4.39 Å². The van der Waals surface area contributed by atoms with Gasteiger partial charge in [-0.05, 0) is 51.2 Å². The summed E-state index contributed by atoms with van der Waals surface area (Å²) in [6, 6.07) is 16.4. The average molecular weight is 390 g/mol. The largest absolute Gasteiger partial charge is 0.444 e. The second-order valence-corrected chi connectivity index (χ2v) is 7.22. The number of aryl methyl sites for hydroxylation is 1. The number of rotatable bonds is 6. The van der Waals surface area contributed by atoms with Crippen molar-refractivity contribution in [2.24, 2.45) is 0 Å². The Kier molecular flexibility index (Phi) is 5.27. The summed E-state index contributed by atoms with van der Waals surface area (Å²) in [6.07, 6.45) is 1.63. The predicted molar refractivity (Wildman–Crippen MR) is 110 cm³/mol. The second-order valence-electron chi connectivity index (χ2n) is 7.22. The van der Waals surface area contributed by atoms with Crippen LogP contribution < -0.4 is 0 Å². The average Bonchev–Trinajstić information content (AvgIpc) is 3.28. The fourth-order valence-electron chi connectivity index (χ4n) is 3.46. The molecule has 0 atom stereocenters. The number of para-hydroxylation sites is 1. The minimum absolute atomic E-state index is 0.305. The van der Waals surface area contributed by atoms with Crippen LogP contribution in [0, 0.1) is 19.7 Å². The molecule has 4 aromatic rings. The van der Waals surface area contributed by atoms with Crippen LogP contribution in [-0.4, -0.2) is 26.7 Å². The molecule has 0 aliphatic heterocycles. The Labute approximate surface area is 169 Å². The van der Waals surface area contributed by atoms with Gasteiger partial charge in [0.1, 0.15) is 12.1 Å². The van der Waals surface area contributed by atoms with E-state index in [1.165, 1.54) is 17.7 Å². The normalized spacial score (nSPS) is 11.3. The van der Waals surface area contributed by atoms with Crippen LogP contribution in [-0.2, 0) is 13.1 Å². The summed E-state index contributed by atoms with van der Waals surface area (Å²) in [5, 5.41) is 4.71. The van der Waals surface area contributed by atoms with Gasteiger partial charge in [0, 0.05) is 29.9 Å². The SMILES string of the molecule is Cc1nn(-c2ccccc2)c(C)c1CN(C)Cc1coc(-c2cccc(F)c2)n1.